The van der Waals surface area contributed by atoms with E-state index in [1.165, 1.54) is 17.0 Å². The van der Waals surface area contributed by atoms with Gasteiger partial charge in [0.25, 0.3) is 23.5 Å². The van der Waals surface area contributed by atoms with E-state index in [4.69, 9.17) is 21.8 Å². The number of alkyl halides is 2. The van der Waals surface area contributed by atoms with E-state index < -0.39 is 17.7 Å². The van der Waals surface area contributed by atoms with Crippen molar-refractivity contribution in [1.29, 1.82) is 0 Å². The van der Waals surface area contributed by atoms with Crippen LogP contribution in [0.15, 0.2) is 95.9 Å². The van der Waals surface area contributed by atoms with Crippen LogP contribution in [0.1, 0.15) is 63.4 Å². The molecule has 6 heterocycles. The number of aromatic nitrogens is 7. The van der Waals surface area contributed by atoms with Gasteiger partial charge in [0.2, 0.25) is 23.6 Å². The first kappa shape index (κ1) is 46.1. The van der Waals surface area contributed by atoms with Gasteiger partial charge >= 0.3 is 0 Å². The molecule has 1 aliphatic rings. The number of benzene rings is 2. The molecule has 1 fully saturated rings. The Bertz CT molecular complexity index is 2860. The molecule has 0 radical (unpaired) electrons. The molecular formula is C46H47ClF2N14O4. The molecule has 0 atom stereocenters. The third-order valence-corrected chi connectivity index (χ3v) is 11.3. The minimum Gasteiger partial charge on any atom is -0.461 e. The molecule has 0 bridgehead atoms. The number of halogens is 3. The van der Waals surface area contributed by atoms with Gasteiger partial charge in [-0.3, -0.25) is 29.3 Å². The van der Waals surface area contributed by atoms with Gasteiger partial charge in [-0.2, -0.15) is 19.5 Å². The van der Waals surface area contributed by atoms with Crippen molar-refractivity contribution in [3.63, 3.8) is 0 Å². The normalized spacial score (nSPS) is 13.6. The van der Waals surface area contributed by atoms with Crippen LogP contribution in [0.5, 0.6) is 0 Å². The van der Waals surface area contributed by atoms with Gasteiger partial charge in [0, 0.05) is 69.2 Å². The molecule has 21 heteroatoms. The van der Waals surface area contributed by atoms with E-state index >= 15 is 0 Å². The maximum Gasteiger partial charge on any atom is 0.274 e. The predicted molar refractivity (Wildman–Crippen MR) is 249 cm³/mol. The average Bonchev–Trinajstić information content (AvgIpc) is 4.01. The molecule has 1 aliphatic heterocycles. The van der Waals surface area contributed by atoms with Crippen molar-refractivity contribution < 1.29 is 27.6 Å². The maximum atomic E-state index is 13.9. The summed E-state index contributed by atoms with van der Waals surface area (Å²) in [5, 5.41) is 19.6. The number of rotatable bonds is 18. The van der Waals surface area contributed by atoms with Gasteiger partial charge in [-0.25, -0.2) is 8.78 Å². The number of hydrogen-bond acceptors (Lipinski definition) is 14. The van der Waals surface area contributed by atoms with Gasteiger partial charge in [0.1, 0.15) is 11.4 Å². The van der Waals surface area contributed by atoms with Crippen LogP contribution in [-0.4, -0.2) is 95.8 Å². The Labute approximate surface area is 388 Å². The first-order valence-electron chi connectivity index (χ1n) is 21.6. The van der Waals surface area contributed by atoms with E-state index in [-0.39, 0.29) is 47.9 Å². The first-order chi connectivity index (χ1) is 32.4. The van der Waals surface area contributed by atoms with Crippen LogP contribution >= 0.6 is 11.6 Å². The zero-order valence-electron chi connectivity index (χ0n) is 36.4. The molecule has 0 spiro atoms. The minimum absolute atomic E-state index is 0.0971. The number of carbonyl (C=O) groups excluding carboxylic acids is 3. The van der Waals surface area contributed by atoms with E-state index in [0.717, 1.165) is 22.3 Å². The monoisotopic (exact) mass is 932 g/mol. The Morgan fingerprint density at radius 1 is 0.851 bits per heavy atom. The number of amides is 3. The number of pyridine rings is 2. The second-order valence-electron chi connectivity index (χ2n) is 15.9. The summed E-state index contributed by atoms with van der Waals surface area (Å²) >= 11 is 6.87. The van der Waals surface area contributed by atoms with Gasteiger partial charge in [-0.1, -0.05) is 48.0 Å². The highest BCUT2D eigenvalue weighted by Gasteiger charge is 2.35. The Hall–Kier alpha value is -7.42. The lowest BCUT2D eigenvalue weighted by Crippen LogP contribution is -2.42. The molecule has 346 valence electrons. The lowest BCUT2D eigenvalue weighted by atomic mass is 9.98. The summed E-state index contributed by atoms with van der Waals surface area (Å²) in [6.07, 6.45) is 5.82. The van der Waals surface area contributed by atoms with Crippen LogP contribution < -0.4 is 32.3 Å². The number of hydrogen-bond donors (Lipinski definition) is 6. The predicted octanol–water partition coefficient (Wildman–Crippen LogP) is 6.61. The summed E-state index contributed by atoms with van der Waals surface area (Å²) in [5.74, 6) is -2.21. The highest BCUT2D eigenvalue weighted by atomic mass is 35.5. The molecule has 7 N–H and O–H groups in total. The molecule has 5 aromatic heterocycles. The van der Waals surface area contributed by atoms with Crippen molar-refractivity contribution in [2.45, 2.75) is 51.6 Å². The average molecular weight is 933 g/mol. The van der Waals surface area contributed by atoms with Crippen molar-refractivity contribution in [2.24, 2.45) is 0 Å². The Morgan fingerprint density at radius 2 is 1.58 bits per heavy atom. The smallest absolute Gasteiger partial charge is 0.274 e. The summed E-state index contributed by atoms with van der Waals surface area (Å²) in [5.41, 5.74) is 11.0. The van der Waals surface area contributed by atoms with Gasteiger partial charge in [0.15, 0.2) is 5.76 Å². The fraction of sp³-hybridized carbons (Fsp3) is 0.283. The molecular weight excluding hydrogens is 886 g/mol. The number of nitrogens with one attached hydrogen (secondary N) is 5. The lowest BCUT2D eigenvalue weighted by Gasteiger charge is -2.32. The van der Waals surface area contributed by atoms with Gasteiger partial charge in [-0.15, -0.1) is 5.10 Å². The van der Waals surface area contributed by atoms with Crippen molar-refractivity contribution in [3.05, 3.63) is 125 Å². The van der Waals surface area contributed by atoms with Crippen molar-refractivity contribution >= 4 is 58.4 Å². The minimum atomic E-state index is -2.70. The van der Waals surface area contributed by atoms with Crippen LogP contribution in [0.25, 0.3) is 28.5 Å². The summed E-state index contributed by atoms with van der Waals surface area (Å²) < 4.78 is 34.4. The van der Waals surface area contributed by atoms with E-state index in [2.05, 4.69) is 56.6 Å². The summed E-state index contributed by atoms with van der Waals surface area (Å²) in [6.45, 7) is 4.33. The number of nitrogens with two attached hydrogens (primary N) is 1. The topological polar surface area (TPSA) is 236 Å². The molecule has 2 aromatic carbocycles. The van der Waals surface area contributed by atoms with Crippen molar-refractivity contribution in [1.82, 2.24) is 50.1 Å². The van der Waals surface area contributed by atoms with E-state index in [0.29, 0.717) is 92.1 Å². The zero-order valence-corrected chi connectivity index (χ0v) is 37.1. The second-order valence-corrected chi connectivity index (χ2v) is 16.3. The molecule has 7 aromatic rings. The summed E-state index contributed by atoms with van der Waals surface area (Å²) in [7, 11) is 0. The Kier molecular flexibility index (Phi) is 14.3. The number of piperidine rings is 1. The number of nitrogen functional groups attached to an aromatic ring is 1. The number of likely N-dealkylation sites (tertiary alicyclic amines) is 1. The number of anilines is 4. The Balaban J connectivity index is 0.758. The highest BCUT2D eigenvalue weighted by molar-refractivity contribution is 6.36. The Morgan fingerprint density at radius 3 is 2.30 bits per heavy atom. The standard InChI is InChI=1S/C46H47ClF2N14O4/c1-28-31(32-8-3-10-34(39(32)47)57-42(66)36-16-14-30(25-55-36)26-62-21-6-17-46(48,49)27-62)7-2-9-33(28)56-41(65)35-15-13-29(24-54-35)23-51-19-20-52-38(64)12-4-18-53-44-59-43(50)63-45(60-44)58-40(61-63)37-11-5-22-67-37/h2-3,5,7-11,13-16,22,24-25,51H,4,6,12,17-21,23,26-27H2,1H3,(H,52,64)(H,56,65)(H,57,66)(H3,50,53,58,59,60,61). The van der Waals surface area contributed by atoms with E-state index in [1.54, 1.807) is 65.7 Å². The molecule has 0 unspecified atom stereocenters. The summed E-state index contributed by atoms with van der Waals surface area (Å²) in [6, 6.07) is 20.9. The third kappa shape index (κ3) is 11.7. The molecule has 18 nitrogen and oxygen atoms in total. The van der Waals surface area contributed by atoms with E-state index in [9.17, 15) is 23.2 Å². The molecule has 0 saturated carbocycles. The molecule has 1 saturated heterocycles. The molecule has 3 amide bonds. The number of furan rings is 1. The lowest BCUT2D eigenvalue weighted by molar-refractivity contribution is -0.121. The van der Waals surface area contributed by atoms with Gasteiger partial charge in [0.05, 0.1) is 23.5 Å². The fourth-order valence-corrected chi connectivity index (χ4v) is 7.76. The van der Waals surface area contributed by atoms with Crippen LogP contribution in [0.4, 0.5) is 32.1 Å². The maximum absolute atomic E-state index is 13.9. The summed E-state index contributed by atoms with van der Waals surface area (Å²) in [4.78, 5) is 62.2. The fourth-order valence-electron chi connectivity index (χ4n) is 7.48. The SMILES string of the molecule is Cc1c(NC(=O)c2ccc(CNCCNC(=O)CCCNc3nc(N)n4nc(-c5ccco5)nc4n3)cn2)cccc1-c1cccc(NC(=O)c2ccc(CN3CCCC(F)(F)C3)cn2)c1Cl. The molecule has 0 aliphatic carbocycles. The zero-order chi connectivity index (χ0) is 46.9. The van der Waals surface area contributed by atoms with Crippen LogP contribution in [0, 0.1) is 6.92 Å². The van der Waals surface area contributed by atoms with Gasteiger partial charge < -0.3 is 36.7 Å². The van der Waals surface area contributed by atoms with Crippen LogP contribution in [0.2, 0.25) is 5.02 Å². The number of fused-ring (bicyclic) bond motifs is 1. The van der Waals surface area contributed by atoms with Gasteiger partial charge in [-0.05, 0) is 85.0 Å². The molecule has 67 heavy (non-hydrogen) atoms. The number of carbonyl (C=O) groups is 3. The molecule has 8 rings (SSSR count). The first-order valence-corrected chi connectivity index (χ1v) is 21.9. The van der Waals surface area contributed by atoms with Crippen LogP contribution in [0.3, 0.4) is 0 Å². The van der Waals surface area contributed by atoms with Crippen LogP contribution in [-0.2, 0) is 17.9 Å². The third-order valence-electron chi connectivity index (χ3n) is 10.9. The number of nitrogens with zero attached hydrogens (tertiary/aromatic N) is 8. The largest absolute Gasteiger partial charge is 0.461 e. The quantitative estimate of drug-likeness (QED) is 0.0497. The van der Waals surface area contributed by atoms with Crippen molar-refractivity contribution in [2.75, 3.05) is 54.4 Å². The van der Waals surface area contributed by atoms with Crippen molar-refractivity contribution in [3.8, 4) is 22.7 Å². The highest BCUT2D eigenvalue weighted by Crippen LogP contribution is 2.38. The van der Waals surface area contributed by atoms with E-state index in [1.807, 2.05) is 25.1 Å². The second kappa shape index (κ2) is 20.8.